The zero-order valence-electron chi connectivity index (χ0n) is 19.5. The Morgan fingerprint density at radius 3 is 2.63 bits per heavy atom. The highest BCUT2D eigenvalue weighted by Crippen LogP contribution is 2.61. The quantitative estimate of drug-likeness (QED) is 0.411. The van der Waals surface area contributed by atoms with Gasteiger partial charge in [-0.25, -0.2) is 4.90 Å². The molecule has 4 aliphatic heterocycles. The van der Waals surface area contributed by atoms with Gasteiger partial charge in [0, 0.05) is 23.4 Å². The number of aryl methyl sites for hydroxylation is 2. The number of nitrogens with zero attached hydrogens (tertiary/aromatic N) is 3. The van der Waals surface area contributed by atoms with Crippen LogP contribution in [-0.2, 0) is 19.9 Å². The van der Waals surface area contributed by atoms with Crippen molar-refractivity contribution in [3.8, 4) is 5.75 Å². The summed E-state index contributed by atoms with van der Waals surface area (Å²) >= 11 is 0. The van der Waals surface area contributed by atoms with Crippen LogP contribution in [0.25, 0.3) is 0 Å². The van der Waals surface area contributed by atoms with Gasteiger partial charge in [-0.3, -0.25) is 29.4 Å². The Morgan fingerprint density at radius 2 is 1.91 bits per heavy atom. The maximum absolute atomic E-state index is 14.1. The number of carbonyl (C=O) groups excluding carboxylic acids is 3. The zero-order chi connectivity index (χ0) is 24.8. The number of benzene rings is 2. The summed E-state index contributed by atoms with van der Waals surface area (Å²) in [7, 11) is 1.33. The average Bonchev–Trinajstić information content (AvgIpc) is 3.52. The second-order valence-electron chi connectivity index (χ2n) is 9.76. The van der Waals surface area contributed by atoms with Gasteiger partial charge in [-0.2, -0.15) is 0 Å². The van der Waals surface area contributed by atoms with Crippen molar-refractivity contribution < 1.29 is 24.0 Å². The summed E-state index contributed by atoms with van der Waals surface area (Å²) in [6, 6.07) is 7.50. The van der Waals surface area contributed by atoms with Crippen LogP contribution in [0.4, 0.5) is 17.1 Å². The van der Waals surface area contributed by atoms with E-state index in [1.807, 2.05) is 26.0 Å². The predicted molar refractivity (Wildman–Crippen MR) is 125 cm³/mol. The Bertz CT molecular complexity index is 1360. The van der Waals surface area contributed by atoms with Crippen molar-refractivity contribution in [3.63, 3.8) is 0 Å². The molecule has 4 heterocycles. The van der Waals surface area contributed by atoms with Crippen LogP contribution in [0.15, 0.2) is 30.3 Å². The molecule has 2 aromatic rings. The van der Waals surface area contributed by atoms with Crippen LogP contribution in [0, 0.1) is 35.8 Å². The molecule has 0 saturated carbocycles. The Balaban J connectivity index is 1.55. The monoisotopic (exact) mass is 476 g/mol. The van der Waals surface area contributed by atoms with Gasteiger partial charge in [0.25, 0.3) is 5.69 Å². The number of fused-ring (bicyclic) bond motifs is 7. The largest absolute Gasteiger partial charge is 0.494 e. The van der Waals surface area contributed by atoms with E-state index in [-0.39, 0.29) is 29.1 Å². The van der Waals surface area contributed by atoms with Crippen molar-refractivity contribution in [2.45, 2.75) is 38.3 Å². The normalized spacial score (nSPS) is 28.9. The first kappa shape index (κ1) is 21.7. The number of carbonyl (C=O) groups is 3. The van der Waals surface area contributed by atoms with E-state index >= 15 is 0 Å². The van der Waals surface area contributed by atoms with Gasteiger partial charge in [0.15, 0.2) is 0 Å². The topological polar surface area (TPSA) is 122 Å². The fourth-order valence-corrected chi connectivity index (χ4v) is 6.86. The summed E-state index contributed by atoms with van der Waals surface area (Å²) in [5.74, 6) is -2.69. The van der Waals surface area contributed by atoms with Crippen LogP contribution in [0.1, 0.15) is 29.5 Å². The van der Waals surface area contributed by atoms with Gasteiger partial charge in [-0.15, -0.1) is 0 Å². The minimum atomic E-state index is -1.27. The van der Waals surface area contributed by atoms with E-state index in [0.29, 0.717) is 18.7 Å². The van der Waals surface area contributed by atoms with E-state index in [1.165, 1.54) is 25.3 Å². The van der Waals surface area contributed by atoms with Gasteiger partial charge in [0.2, 0.25) is 17.7 Å². The molecule has 3 saturated heterocycles. The molecule has 4 aliphatic rings. The molecule has 10 heteroatoms. The highest BCUT2D eigenvalue weighted by molar-refractivity contribution is 6.26. The summed E-state index contributed by atoms with van der Waals surface area (Å²) in [4.78, 5) is 55.6. The third-order valence-corrected chi connectivity index (χ3v) is 8.06. The van der Waals surface area contributed by atoms with E-state index in [2.05, 4.69) is 10.2 Å². The number of hydrogen-bond donors (Lipinski definition) is 1. The summed E-state index contributed by atoms with van der Waals surface area (Å²) in [5, 5.41) is 14.3. The Labute approximate surface area is 201 Å². The number of anilines is 2. The van der Waals surface area contributed by atoms with Crippen molar-refractivity contribution in [3.05, 3.63) is 57.1 Å². The maximum Gasteiger partial charge on any atom is 0.273 e. The number of hydrogen-bond acceptors (Lipinski definition) is 7. The Hall–Kier alpha value is -3.79. The van der Waals surface area contributed by atoms with Gasteiger partial charge in [-0.05, 0) is 44.9 Å². The minimum Gasteiger partial charge on any atom is -0.494 e. The van der Waals surface area contributed by atoms with Crippen LogP contribution in [-0.4, -0.2) is 47.2 Å². The summed E-state index contributed by atoms with van der Waals surface area (Å²) in [5.41, 5.74) is 2.02. The Kier molecular flexibility index (Phi) is 4.41. The molecule has 0 bridgehead atoms. The third-order valence-electron chi connectivity index (χ3n) is 8.06. The van der Waals surface area contributed by atoms with Gasteiger partial charge in [0.1, 0.15) is 11.3 Å². The maximum atomic E-state index is 14.1. The summed E-state index contributed by atoms with van der Waals surface area (Å²) in [6.45, 7) is 4.50. The molecule has 35 heavy (non-hydrogen) atoms. The van der Waals surface area contributed by atoms with E-state index in [9.17, 15) is 24.5 Å². The molecule has 3 amide bonds. The van der Waals surface area contributed by atoms with Gasteiger partial charge in [-0.1, -0.05) is 17.7 Å². The summed E-state index contributed by atoms with van der Waals surface area (Å²) < 4.78 is 5.34. The third kappa shape index (κ3) is 2.54. The van der Waals surface area contributed by atoms with E-state index in [1.54, 1.807) is 0 Å². The molecule has 0 aromatic heterocycles. The number of methoxy groups -OCH3 is 1. The van der Waals surface area contributed by atoms with Gasteiger partial charge < -0.3 is 10.1 Å². The number of rotatable bonds is 3. The molecule has 1 N–H and O–H groups in total. The number of ether oxygens (including phenoxy) is 1. The van der Waals surface area contributed by atoms with Crippen molar-refractivity contribution in [1.82, 2.24) is 4.90 Å². The first-order chi connectivity index (χ1) is 16.7. The fraction of sp³-hybridized carbons (Fsp3) is 0.400. The lowest BCUT2D eigenvalue weighted by molar-refractivity contribution is -0.384. The molecule has 6 rings (SSSR count). The number of imide groups is 1. The van der Waals surface area contributed by atoms with Crippen LogP contribution in [0.2, 0.25) is 0 Å². The lowest BCUT2D eigenvalue weighted by atomic mass is 9.75. The summed E-state index contributed by atoms with van der Waals surface area (Å²) in [6.07, 6.45) is 1.53. The first-order valence-corrected chi connectivity index (χ1v) is 11.6. The smallest absolute Gasteiger partial charge is 0.273 e. The second kappa shape index (κ2) is 7.11. The molecule has 0 aliphatic carbocycles. The van der Waals surface area contributed by atoms with Crippen molar-refractivity contribution in [1.29, 1.82) is 0 Å². The number of nitrogens with one attached hydrogen (secondary N) is 1. The molecule has 1 spiro atoms. The molecule has 0 radical (unpaired) electrons. The molecular weight excluding hydrogens is 452 g/mol. The molecule has 180 valence electrons. The van der Waals surface area contributed by atoms with Gasteiger partial charge in [0.05, 0.1) is 35.6 Å². The lowest BCUT2D eigenvalue weighted by Crippen LogP contribution is -2.54. The number of amides is 3. The minimum absolute atomic E-state index is 0.0566. The lowest BCUT2D eigenvalue weighted by Gasteiger charge is -2.37. The van der Waals surface area contributed by atoms with Crippen LogP contribution in [0.5, 0.6) is 5.75 Å². The zero-order valence-corrected chi connectivity index (χ0v) is 19.5. The molecule has 3 fully saturated rings. The molecule has 2 aromatic carbocycles. The molecule has 10 nitrogen and oxygen atoms in total. The van der Waals surface area contributed by atoms with Crippen LogP contribution in [0.3, 0.4) is 0 Å². The second-order valence-corrected chi connectivity index (χ2v) is 9.76. The molecule has 4 atom stereocenters. The standard InChI is InChI=1S/C25H24N4O6/c1-12-9-13(2)21-15(10-12)25(24(32)26-21)20-19(17-5-4-8-27(17)25)22(30)28(23(20)31)16-7-6-14(29(33)34)11-18(16)35-3/h6-7,9-11,17,19-20H,4-5,8H2,1-3H3,(H,26,32)/t17-,19-,20+,25+/m1/s1. The number of nitro groups is 1. The first-order valence-electron chi connectivity index (χ1n) is 11.6. The van der Waals surface area contributed by atoms with E-state index in [0.717, 1.165) is 28.0 Å². The van der Waals surface area contributed by atoms with E-state index in [4.69, 9.17) is 4.74 Å². The van der Waals surface area contributed by atoms with Crippen LogP contribution < -0.4 is 15.0 Å². The number of nitro benzene ring substituents is 1. The average molecular weight is 476 g/mol. The fourth-order valence-electron chi connectivity index (χ4n) is 6.86. The Morgan fingerprint density at radius 1 is 1.14 bits per heavy atom. The SMILES string of the molecule is COc1cc([N+](=O)[O-])ccc1N1C(=O)[C@@H]2[C@H]3CCCN3[C@]3(C(=O)Nc4c(C)cc(C)cc43)[C@@H]2C1=O. The predicted octanol–water partition coefficient (Wildman–Crippen LogP) is 2.65. The van der Waals surface area contributed by atoms with E-state index < -0.39 is 34.1 Å². The molecular formula is C25H24N4O6. The van der Waals surface area contributed by atoms with Crippen molar-refractivity contribution in [2.24, 2.45) is 11.8 Å². The highest BCUT2D eigenvalue weighted by atomic mass is 16.6. The van der Waals surface area contributed by atoms with Crippen molar-refractivity contribution in [2.75, 3.05) is 23.9 Å². The molecule has 0 unspecified atom stereocenters. The van der Waals surface area contributed by atoms with Crippen molar-refractivity contribution >= 4 is 34.8 Å². The van der Waals surface area contributed by atoms with Gasteiger partial charge >= 0.3 is 0 Å². The highest BCUT2D eigenvalue weighted by Gasteiger charge is 2.74. The number of non-ortho nitro benzene ring substituents is 1. The van der Waals surface area contributed by atoms with Crippen LogP contribution >= 0.6 is 0 Å².